The van der Waals surface area contributed by atoms with Gasteiger partial charge in [0.15, 0.2) is 37.9 Å². The molecule has 1 aliphatic heterocycles. The summed E-state index contributed by atoms with van der Waals surface area (Å²) in [7, 11) is -0.387. The summed E-state index contributed by atoms with van der Waals surface area (Å²) < 4.78 is 43.1. The third-order valence-electron chi connectivity index (χ3n) is 6.43. The summed E-state index contributed by atoms with van der Waals surface area (Å²) in [5, 5.41) is 2.96. The maximum absolute atomic E-state index is 16.7. The molecule has 3 heterocycles. The molecule has 1 saturated heterocycles. The second-order valence-corrected chi connectivity index (χ2v) is 17.1. The summed E-state index contributed by atoms with van der Waals surface area (Å²) in [5.41, 5.74) is 5.92. The Labute approximate surface area is 210 Å². The zero-order valence-corrected chi connectivity index (χ0v) is 24.6. The van der Waals surface area contributed by atoms with Crippen molar-refractivity contribution in [1.82, 2.24) is 19.5 Å². The molecule has 35 heavy (non-hydrogen) atoms. The second kappa shape index (κ2) is 11.2. The minimum atomic E-state index is -2.17. The van der Waals surface area contributed by atoms with Crippen LogP contribution in [0.1, 0.15) is 54.7 Å². The molecule has 0 spiro atoms. The Morgan fingerprint density at radius 1 is 1.20 bits per heavy atom. The molecule has 1 aliphatic rings. The van der Waals surface area contributed by atoms with Crippen LogP contribution in [0.15, 0.2) is 6.33 Å². The normalized spacial score (nSPS) is 26.1. The molecule has 0 amide bonds. The number of rotatable bonds is 11. The number of alkyl halides is 1. The molecule has 0 saturated carbocycles. The van der Waals surface area contributed by atoms with Crippen LogP contribution in [-0.4, -0.2) is 76.5 Å². The minimum absolute atomic E-state index is 0.0595. The molecule has 2 aromatic heterocycles. The van der Waals surface area contributed by atoms with Gasteiger partial charge in [-0.2, -0.15) is 9.97 Å². The summed E-state index contributed by atoms with van der Waals surface area (Å²) >= 11 is 0. The van der Waals surface area contributed by atoms with Crippen LogP contribution >= 0.6 is 0 Å². The third-order valence-corrected chi connectivity index (χ3v) is 11.8. The Bertz CT molecular complexity index is 984. The molecule has 0 radical (unpaired) electrons. The number of nitrogen functional groups attached to an aromatic ring is 1. The number of ether oxygens (including phenoxy) is 1. The van der Waals surface area contributed by atoms with E-state index in [2.05, 4.69) is 48.0 Å². The topological polar surface area (TPSA) is 119 Å². The lowest BCUT2D eigenvalue weighted by atomic mass is 9.98. The SMILES string of the molecule is CNc1nc(N)nc2c1ncn2[C@@H]1O[C@H](CO[SiH](C(C)C)C(C)C)[C@@H](O[SiH](OC)C(C)C)[C@@]1(C)F. The van der Waals surface area contributed by atoms with Gasteiger partial charge in [-0.15, -0.1) is 0 Å². The molecule has 0 aliphatic carbocycles. The molecule has 1 unspecified atom stereocenters. The number of nitrogens with zero attached hydrogens (tertiary/aromatic N) is 4. The van der Waals surface area contributed by atoms with E-state index in [0.717, 1.165) is 0 Å². The number of halogens is 1. The van der Waals surface area contributed by atoms with Crippen molar-refractivity contribution in [2.45, 2.75) is 89.2 Å². The van der Waals surface area contributed by atoms with Gasteiger partial charge in [-0.1, -0.05) is 41.5 Å². The number of aromatic nitrogens is 4. The van der Waals surface area contributed by atoms with Gasteiger partial charge in [-0.25, -0.2) is 9.37 Å². The molecule has 0 bridgehead atoms. The van der Waals surface area contributed by atoms with E-state index in [9.17, 15) is 0 Å². The molecule has 3 rings (SSSR count). The lowest BCUT2D eigenvalue weighted by Crippen LogP contribution is -2.47. The van der Waals surface area contributed by atoms with E-state index >= 15 is 4.39 Å². The Morgan fingerprint density at radius 2 is 1.86 bits per heavy atom. The Hall–Kier alpha value is -1.65. The van der Waals surface area contributed by atoms with Gasteiger partial charge in [-0.3, -0.25) is 4.57 Å². The average molecular weight is 529 g/mol. The monoisotopic (exact) mass is 528 g/mol. The molecule has 2 aromatic rings. The fourth-order valence-corrected chi connectivity index (χ4v) is 9.25. The Balaban J connectivity index is 1.99. The van der Waals surface area contributed by atoms with E-state index in [1.165, 1.54) is 13.3 Å². The van der Waals surface area contributed by atoms with Gasteiger partial charge in [0.2, 0.25) is 5.95 Å². The number of anilines is 2. The maximum atomic E-state index is 16.7. The molecule has 13 heteroatoms. The Morgan fingerprint density at radius 3 is 2.40 bits per heavy atom. The van der Waals surface area contributed by atoms with Crippen molar-refractivity contribution >= 4 is 41.3 Å². The fraction of sp³-hybridized carbons (Fsp3) is 0.773. The molecule has 3 N–H and O–H groups in total. The lowest BCUT2D eigenvalue weighted by Gasteiger charge is -2.32. The van der Waals surface area contributed by atoms with Crippen LogP contribution < -0.4 is 11.1 Å². The maximum Gasteiger partial charge on any atom is 0.324 e. The summed E-state index contributed by atoms with van der Waals surface area (Å²) in [6, 6.07) is 0. The summed E-state index contributed by atoms with van der Waals surface area (Å²) in [4.78, 5) is 12.9. The fourth-order valence-electron chi connectivity index (χ4n) is 4.83. The van der Waals surface area contributed by atoms with Crippen molar-refractivity contribution in [3.05, 3.63) is 6.33 Å². The van der Waals surface area contributed by atoms with Crippen molar-refractivity contribution in [2.24, 2.45) is 0 Å². The summed E-state index contributed by atoms with van der Waals surface area (Å²) in [6.07, 6.45) is -1.02. The average Bonchev–Trinajstić information content (AvgIpc) is 3.28. The van der Waals surface area contributed by atoms with Gasteiger partial charge in [0.25, 0.3) is 0 Å². The zero-order chi connectivity index (χ0) is 26.1. The highest BCUT2D eigenvalue weighted by Crippen LogP contribution is 2.45. The Kier molecular flexibility index (Phi) is 8.92. The van der Waals surface area contributed by atoms with Crippen molar-refractivity contribution < 1.29 is 22.4 Å². The molecule has 1 fully saturated rings. The van der Waals surface area contributed by atoms with Crippen LogP contribution in [-0.2, 0) is 18.0 Å². The molecular weight excluding hydrogens is 487 g/mol. The van der Waals surface area contributed by atoms with Crippen LogP contribution in [0, 0.1) is 0 Å². The number of fused-ring (bicyclic) bond motifs is 1. The van der Waals surface area contributed by atoms with Crippen LogP contribution in [0.4, 0.5) is 16.2 Å². The van der Waals surface area contributed by atoms with Crippen LogP contribution in [0.3, 0.4) is 0 Å². The molecule has 198 valence electrons. The van der Waals surface area contributed by atoms with E-state index in [0.29, 0.717) is 28.1 Å². The number of nitrogens with two attached hydrogens (primary N) is 1. The van der Waals surface area contributed by atoms with Crippen molar-refractivity contribution in [2.75, 3.05) is 31.8 Å². The first kappa shape index (κ1) is 27.9. The first-order valence-corrected chi connectivity index (χ1v) is 15.7. The van der Waals surface area contributed by atoms with Gasteiger partial charge < -0.3 is 29.1 Å². The van der Waals surface area contributed by atoms with Gasteiger partial charge in [0.05, 0.1) is 12.9 Å². The standard InChI is InChI=1S/C22H41FN6O4Si2/c1-12(2)34(13(3)4)31-10-15-17(33-35(30-9)14(5)6)22(7,23)20(32-15)29-11-26-16-18(25-8)27-21(24)28-19(16)29/h11-15,17,20,34-35H,10H2,1-9H3,(H3,24,25,27,28)/t15-,17-,20-,22-,35?/m1/s1. The summed E-state index contributed by atoms with van der Waals surface area (Å²) in [6.45, 7) is 14.5. The first-order valence-electron chi connectivity index (χ1n) is 12.2. The van der Waals surface area contributed by atoms with E-state index < -0.39 is 42.4 Å². The largest absolute Gasteiger partial charge is 0.417 e. The predicted octanol–water partition coefficient (Wildman–Crippen LogP) is 3.30. The first-order chi connectivity index (χ1) is 16.4. The minimum Gasteiger partial charge on any atom is -0.417 e. The van der Waals surface area contributed by atoms with Gasteiger partial charge >= 0.3 is 9.28 Å². The van der Waals surface area contributed by atoms with E-state index in [-0.39, 0.29) is 18.1 Å². The van der Waals surface area contributed by atoms with Crippen molar-refractivity contribution in [3.63, 3.8) is 0 Å². The molecule has 0 aromatic carbocycles. The van der Waals surface area contributed by atoms with Crippen molar-refractivity contribution in [3.8, 4) is 0 Å². The highest BCUT2D eigenvalue weighted by Gasteiger charge is 2.57. The van der Waals surface area contributed by atoms with E-state index in [4.69, 9.17) is 23.7 Å². The van der Waals surface area contributed by atoms with E-state index in [1.54, 1.807) is 18.7 Å². The van der Waals surface area contributed by atoms with Gasteiger partial charge in [0.1, 0.15) is 12.2 Å². The smallest absolute Gasteiger partial charge is 0.324 e. The quantitative estimate of drug-likeness (QED) is 0.423. The van der Waals surface area contributed by atoms with Crippen LogP contribution in [0.5, 0.6) is 0 Å². The predicted molar refractivity (Wildman–Crippen MR) is 140 cm³/mol. The number of imidazole rings is 1. The lowest BCUT2D eigenvalue weighted by molar-refractivity contribution is -0.0545. The van der Waals surface area contributed by atoms with Crippen molar-refractivity contribution in [1.29, 1.82) is 0 Å². The van der Waals surface area contributed by atoms with E-state index in [1.807, 2.05) is 13.8 Å². The third kappa shape index (κ3) is 5.69. The number of nitrogens with one attached hydrogen (secondary N) is 1. The number of hydrogen-bond donors (Lipinski definition) is 2. The van der Waals surface area contributed by atoms with Gasteiger partial charge in [0, 0.05) is 14.2 Å². The van der Waals surface area contributed by atoms with Crippen LogP contribution in [0.25, 0.3) is 11.2 Å². The molecule has 5 atom stereocenters. The molecular formula is C22H41FN6O4Si2. The molecule has 10 nitrogen and oxygen atoms in total. The van der Waals surface area contributed by atoms with Crippen LogP contribution in [0.2, 0.25) is 16.6 Å². The highest BCUT2D eigenvalue weighted by molar-refractivity contribution is 6.55. The summed E-state index contributed by atoms with van der Waals surface area (Å²) in [5.74, 6) is 0.524. The second-order valence-electron chi connectivity index (χ2n) is 10.4. The highest BCUT2D eigenvalue weighted by atomic mass is 28.3. The van der Waals surface area contributed by atoms with Gasteiger partial charge in [-0.05, 0) is 23.5 Å². The number of hydrogen-bond acceptors (Lipinski definition) is 9. The zero-order valence-electron chi connectivity index (χ0n) is 22.3.